The fourth-order valence-electron chi connectivity index (χ4n) is 7.06. The van der Waals surface area contributed by atoms with Crippen LogP contribution in [0.15, 0.2) is 24.3 Å². The maximum Gasteiger partial charge on any atom is 0.306 e. The highest BCUT2D eigenvalue weighted by Gasteiger charge is 2.44. The van der Waals surface area contributed by atoms with Crippen molar-refractivity contribution < 1.29 is 49.0 Å². The summed E-state index contributed by atoms with van der Waals surface area (Å²) in [5.74, 6) is -0.820. The number of hydrogen-bond acceptors (Lipinski definition) is 10. The number of rotatable bonds is 39. The third-order valence-corrected chi connectivity index (χ3v) is 10.8. The molecule has 0 amide bonds. The first-order chi connectivity index (χ1) is 27.8. The standard InChI is InChI=1S/C47H86O10/c1-3-5-7-9-11-13-15-17-19-21-23-25-27-29-31-33-35-42(49)54-38-40(39-55-47-46(53)45(52)44(51)41(37-48)57-47)56-43(50)36-34-32-30-28-26-24-22-20-18-16-14-12-10-8-6-4-2/h19-22,40-41,44-48,51-53H,3-18,23-39H2,1-2H3/b21-19-,22-20-. The fourth-order valence-corrected chi connectivity index (χ4v) is 7.06. The van der Waals surface area contributed by atoms with Gasteiger partial charge in [0.05, 0.1) is 13.2 Å². The number of carbonyl (C=O) groups is 2. The average molecular weight is 811 g/mol. The topological polar surface area (TPSA) is 152 Å². The number of hydrogen-bond donors (Lipinski definition) is 4. The number of unbranched alkanes of at least 4 members (excludes halogenated alkanes) is 24. The third-order valence-electron chi connectivity index (χ3n) is 10.8. The van der Waals surface area contributed by atoms with E-state index in [9.17, 15) is 30.0 Å². The van der Waals surface area contributed by atoms with Crippen molar-refractivity contribution in [1.29, 1.82) is 0 Å². The lowest BCUT2D eigenvalue weighted by molar-refractivity contribution is -0.305. The first kappa shape index (κ1) is 53.2. The van der Waals surface area contributed by atoms with Crippen LogP contribution in [0.4, 0.5) is 0 Å². The van der Waals surface area contributed by atoms with E-state index in [0.717, 1.165) is 64.2 Å². The van der Waals surface area contributed by atoms with E-state index >= 15 is 0 Å². The highest BCUT2D eigenvalue weighted by Crippen LogP contribution is 2.23. The maximum atomic E-state index is 12.8. The van der Waals surface area contributed by atoms with Crippen molar-refractivity contribution >= 4 is 11.9 Å². The van der Waals surface area contributed by atoms with Crippen molar-refractivity contribution in [1.82, 2.24) is 0 Å². The Hall–Kier alpha value is -1.82. The summed E-state index contributed by atoms with van der Waals surface area (Å²) in [6.45, 7) is 3.41. The Morgan fingerprint density at radius 1 is 0.526 bits per heavy atom. The number of aliphatic hydroxyl groups excluding tert-OH is 4. The smallest absolute Gasteiger partial charge is 0.306 e. The lowest BCUT2D eigenvalue weighted by Crippen LogP contribution is -2.59. The summed E-state index contributed by atoms with van der Waals surface area (Å²) in [7, 11) is 0. The molecule has 1 rings (SSSR count). The number of carbonyl (C=O) groups excluding carboxylic acids is 2. The second kappa shape index (κ2) is 38.4. The van der Waals surface area contributed by atoms with Gasteiger partial charge in [0.15, 0.2) is 12.4 Å². The van der Waals surface area contributed by atoms with Crippen LogP contribution in [0.2, 0.25) is 0 Å². The molecule has 0 aliphatic carbocycles. The summed E-state index contributed by atoms with van der Waals surface area (Å²) >= 11 is 0. The zero-order valence-corrected chi connectivity index (χ0v) is 36.3. The van der Waals surface area contributed by atoms with Crippen LogP contribution in [-0.2, 0) is 28.5 Å². The molecule has 6 unspecified atom stereocenters. The summed E-state index contributed by atoms with van der Waals surface area (Å²) in [6, 6.07) is 0. The molecule has 0 radical (unpaired) electrons. The van der Waals surface area contributed by atoms with Gasteiger partial charge in [0.2, 0.25) is 0 Å². The second-order valence-corrected chi connectivity index (χ2v) is 16.2. The summed E-state index contributed by atoms with van der Waals surface area (Å²) in [6.07, 6.45) is 34.6. The van der Waals surface area contributed by atoms with Gasteiger partial charge >= 0.3 is 11.9 Å². The predicted octanol–water partition coefficient (Wildman–Crippen LogP) is 10.1. The molecule has 1 saturated heterocycles. The fraction of sp³-hybridized carbons (Fsp3) is 0.872. The Bertz CT molecular complexity index is 985. The molecule has 10 nitrogen and oxygen atoms in total. The van der Waals surface area contributed by atoms with E-state index in [4.69, 9.17) is 18.9 Å². The SMILES string of the molecule is CCCCCCCCC/C=C\CCCCCCCC(=O)OCC(COC1OC(CO)C(O)C(O)C1O)OC(=O)CCCCCCC/C=C\CCCCCCCCC. The van der Waals surface area contributed by atoms with Crippen molar-refractivity contribution in [2.45, 2.75) is 243 Å². The van der Waals surface area contributed by atoms with Crippen molar-refractivity contribution in [3.63, 3.8) is 0 Å². The molecule has 1 aliphatic rings. The minimum atomic E-state index is -1.60. The average Bonchev–Trinajstić information content (AvgIpc) is 3.21. The minimum absolute atomic E-state index is 0.220. The van der Waals surface area contributed by atoms with Crippen LogP contribution >= 0.6 is 0 Å². The number of esters is 2. The van der Waals surface area contributed by atoms with Gasteiger partial charge < -0.3 is 39.4 Å². The minimum Gasteiger partial charge on any atom is -0.462 e. The van der Waals surface area contributed by atoms with Gasteiger partial charge in [-0.15, -0.1) is 0 Å². The van der Waals surface area contributed by atoms with Gasteiger partial charge in [0.25, 0.3) is 0 Å². The van der Waals surface area contributed by atoms with Crippen molar-refractivity contribution in [2.75, 3.05) is 19.8 Å². The predicted molar refractivity (Wildman–Crippen MR) is 229 cm³/mol. The summed E-state index contributed by atoms with van der Waals surface area (Å²) in [5.41, 5.74) is 0. The van der Waals surface area contributed by atoms with E-state index in [2.05, 4.69) is 38.2 Å². The lowest BCUT2D eigenvalue weighted by atomic mass is 9.99. The number of allylic oxidation sites excluding steroid dienone is 4. The number of ether oxygens (including phenoxy) is 4. The molecule has 334 valence electrons. The quantitative estimate of drug-likeness (QED) is 0.0268. The number of aliphatic hydroxyl groups is 4. The van der Waals surface area contributed by atoms with Gasteiger partial charge in [0.1, 0.15) is 31.0 Å². The molecule has 10 heteroatoms. The van der Waals surface area contributed by atoms with Gasteiger partial charge in [0, 0.05) is 12.8 Å². The van der Waals surface area contributed by atoms with Crippen LogP contribution in [-0.4, -0.2) is 89.0 Å². The monoisotopic (exact) mass is 811 g/mol. The highest BCUT2D eigenvalue weighted by atomic mass is 16.7. The van der Waals surface area contributed by atoms with Gasteiger partial charge in [-0.2, -0.15) is 0 Å². The zero-order valence-electron chi connectivity index (χ0n) is 36.3. The van der Waals surface area contributed by atoms with E-state index in [-0.39, 0.29) is 32.0 Å². The van der Waals surface area contributed by atoms with Crippen molar-refractivity contribution in [3.8, 4) is 0 Å². The molecular weight excluding hydrogens is 725 g/mol. The molecule has 6 atom stereocenters. The first-order valence-electron chi connectivity index (χ1n) is 23.4. The Morgan fingerprint density at radius 3 is 1.37 bits per heavy atom. The van der Waals surface area contributed by atoms with Crippen LogP contribution in [0.3, 0.4) is 0 Å². The van der Waals surface area contributed by atoms with E-state index < -0.39 is 49.4 Å². The highest BCUT2D eigenvalue weighted by molar-refractivity contribution is 5.70. The van der Waals surface area contributed by atoms with Crippen molar-refractivity contribution in [3.05, 3.63) is 24.3 Å². The van der Waals surface area contributed by atoms with Crippen LogP contribution < -0.4 is 0 Å². The third kappa shape index (κ3) is 30.0. The normalized spacial score (nSPS) is 20.4. The van der Waals surface area contributed by atoms with Crippen LogP contribution in [0.5, 0.6) is 0 Å². The van der Waals surface area contributed by atoms with Crippen LogP contribution in [0, 0.1) is 0 Å². The zero-order chi connectivity index (χ0) is 41.6. The Labute approximate surface area is 347 Å². The lowest BCUT2D eigenvalue weighted by Gasteiger charge is -2.39. The second-order valence-electron chi connectivity index (χ2n) is 16.2. The van der Waals surface area contributed by atoms with Gasteiger partial charge in [-0.05, 0) is 64.2 Å². The molecule has 1 fully saturated rings. The molecule has 0 aromatic heterocycles. The van der Waals surface area contributed by atoms with Crippen LogP contribution in [0.1, 0.15) is 206 Å². The summed E-state index contributed by atoms with van der Waals surface area (Å²) in [5, 5.41) is 40.1. The molecule has 0 saturated carbocycles. The summed E-state index contributed by atoms with van der Waals surface area (Å²) in [4.78, 5) is 25.3. The summed E-state index contributed by atoms with van der Waals surface area (Å²) < 4.78 is 22.2. The Balaban J connectivity index is 2.32. The van der Waals surface area contributed by atoms with E-state index in [1.807, 2.05) is 0 Å². The van der Waals surface area contributed by atoms with Gasteiger partial charge in [-0.1, -0.05) is 154 Å². The van der Waals surface area contributed by atoms with Gasteiger partial charge in [-0.25, -0.2) is 0 Å². The molecule has 4 N–H and O–H groups in total. The Kier molecular flexibility index (Phi) is 35.8. The molecule has 0 bridgehead atoms. The van der Waals surface area contributed by atoms with Gasteiger partial charge in [-0.3, -0.25) is 9.59 Å². The van der Waals surface area contributed by atoms with E-state index in [0.29, 0.717) is 12.8 Å². The molecule has 0 aromatic carbocycles. The largest absolute Gasteiger partial charge is 0.462 e. The van der Waals surface area contributed by atoms with E-state index in [1.54, 1.807) is 0 Å². The first-order valence-corrected chi connectivity index (χ1v) is 23.4. The molecule has 1 heterocycles. The molecule has 0 aromatic rings. The van der Waals surface area contributed by atoms with E-state index in [1.165, 1.54) is 103 Å². The molecular formula is C47H86O10. The Morgan fingerprint density at radius 2 is 0.930 bits per heavy atom. The maximum absolute atomic E-state index is 12.8. The van der Waals surface area contributed by atoms with Crippen molar-refractivity contribution in [2.24, 2.45) is 0 Å². The molecule has 0 spiro atoms. The molecule has 1 aliphatic heterocycles. The molecule has 57 heavy (non-hydrogen) atoms. The van der Waals surface area contributed by atoms with Crippen LogP contribution in [0.25, 0.3) is 0 Å².